The molecule has 0 aromatic heterocycles. The van der Waals surface area contributed by atoms with Crippen molar-refractivity contribution < 1.29 is 57.9 Å². The summed E-state index contributed by atoms with van der Waals surface area (Å²) in [4.78, 5) is 68.3. The molecule has 12 heteroatoms. The van der Waals surface area contributed by atoms with Crippen molar-refractivity contribution in [2.24, 2.45) is 16.7 Å². The lowest BCUT2D eigenvalue weighted by Gasteiger charge is -2.67. The summed E-state index contributed by atoms with van der Waals surface area (Å²) < 4.78 is 30.0. The summed E-state index contributed by atoms with van der Waals surface area (Å²) in [5, 5.41) is 25.3. The van der Waals surface area contributed by atoms with Crippen LogP contribution in [0.25, 0.3) is 6.08 Å². The summed E-state index contributed by atoms with van der Waals surface area (Å²) in [7, 11) is 0. The number of ketones is 1. The summed E-state index contributed by atoms with van der Waals surface area (Å²) in [6.45, 7) is 8.40. The number of rotatable bonds is 7. The molecule has 2 N–H and O–H groups in total. The minimum absolute atomic E-state index is 0.132. The Balaban J connectivity index is 1.59. The Labute approximate surface area is 301 Å². The third-order valence-corrected chi connectivity index (χ3v) is 11.7. The molecule has 2 aromatic rings. The van der Waals surface area contributed by atoms with E-state index in [9.17, 15) is 29.4 Å². The first-order valence-corrected chi connectivity index (χ1v) is 17.3. The van der Waals surface area contributed by atoms with Crippen LogP contribution in [0.3, 0.4) is 0 Å². The van der Waals surface area contributed by atoms with E-state index >= 15 is 4.79 Å². The number of hydrogen-bond acceptors (Lipinski definition) is 12. The standard InChI is InChI=1S/C40H44O12/c1-22-27(50-30(44)18-17-25-13-9-7-10-14-25)20-40(47)35(51-36(46)26-15-11-8-12-16-26)33-38(6,28(43)19-29-39(33,21-48-29)52-24(3)42)34(45)32(49-23(2)41)31(22)37(40,4)5/h7-18,27-29,32-33,35,43,47H,19-21H2,1-6H3/b18-17+/t27-,28-,29+,32+,33-,35-,38+,39-,40+/m0/s1. The molecule has 0 amide bonds. The van der Waals surface area contributed by atoms with Crippen LogP contribution in [0.5, 0.6) is 0 Å². The molecule has 2 aromatic carbocycles. The molecule has 0 spiro atoms. The van der Waals surface area contributed by atoms with Crippen molar-refractivity contribution in [1.29, 1.82) is 0 Å². The van der Waals surface area contributed by atoms with E-state index in [2.05, 4.69) is 0 Å². The highest BCUT2D eigenvalue weighted by Gasteiger charge is 2.78. The van der Waals surface area contributed by atoms with Gasteiger partial charge in [-0.05, 0) is 48.8 Å². The molecule has 2 bridgehead atoms. The van der Waals surface area contributed by atoms with Crippen LogP contribution in [-0.4, -0.2) is 88.2 Å². The maximum atomic E-state index is 15.2. The third kappa shape index (κ3) is 5.86. The van der Waals surface area contributed by atoms with Crippen LogP contribution in [0, 0.1) is 16.7 Å². The number of aliphatic hydroxyl groups excluding tert-OH is 1. The molecular formula is C40H44O12. The first-order valence-electron chi connectivity index (χ1n) is 17.3. The van der Waals surface area contributed by atoms with E-state index in [1.165, 1.54) is 32.1 Å². The fourth-order valence-electron chi connectivity index (χ4n) is 8.93. The first kappa shape index (κ1) is 37.1. The van der Waals surface area contributed by atoms with E-state index in [-0.39, 0.29) is 30.6 Å². The van der Waals surface area contributed by atoms with Crippen molar-refractivity contribution in [2.75, 3.05) is 6.61 Å². The van der Waals surface area contributed by atoms with Crippen LogP contribution in [0.2, 0.25) is 0 Å². The summed E-state index contributed by atoms with van der Waals surface area (Å²) in [5.41, 5.74) is -6.01. The van der Waals surface area contributed by atoms with Gasteiger partial charge in [0.15, 0.2) is 17.5 Å². The van der Waals surface area contributed by atoms with Gasteiger partial charge < -0.3 is 33.9 Å². The predicted octanol–water partition coefficient (Wildman–Crippen LogP) is 3.92. The number of esters is 4. The van der Waals surface area contributed by atoms with Gasteiger partial charge in [0.1, 0.15) is 23.9 Å². The molecule has 1 heterocycles. The second kappa shape index (κ2) is 13.4. The number of benzene rings is 2. The Morgan fingerprint density at radius 3 is 2.12 bits per heavy atom. The van der Waals surface area contributed by atoms with Crippen LogP contribution >= 0.6 is 0 Å². The number of Topliss-reactive ketones (excluding diaryl/α,β-unsaturated/α-hetero) is 1. The molecule has 0 radical (unpaired) electrons. The molecule has 276 valence electrons. The topological polar surface area (TPSA) is 172 Å². The maximum Gasteiger partial charge on any atom is 0.338 e. The van der Waals surface area contributed by atoms with Crippen molar-refractivity contribution in [3.05, 3.63) is 89.0 Å². The van der Waals surface area contributed by atoms with Gasteiger partial charge in [-0.2, -0.15) is 0 Å². The SMILES string of the molecule is CC(=O)O[C@H]1C(=O)[C@@]2(C)[C@H]([C@H](OC(=O)c3ccccc3)[C@]3(O)C[C@H](OC(=O)/C=C/c4ccccc4)C(C)=C1C3(C)C)[C@]1(OC(C)=O)CO[C@@H]1C[C@@H]2O. The third-order valence-electron chi connectivity index (χ3n) is 11.7. The summed E-state index contributed by atoms with van der Waals surface area (Å²) in [5.74, 6) is -5.37. The predicted molar refractivity (Wildman–Crippen MR) is 184 cm³/mol. The molecule has 1 saturated heterocycles. The molecule has 6 rings (SSSR count). The summed E-state index contributed by atoms with van der Waals surface area (Å²) in [6.07, 6.45) is -4.70. The maximum absolute atomic E-state index is 15.2. The lowest BCUT2D eigenvalue weighted by molar-refractivity contribution is -0.346. The molecular weight excluding hydrogens is 672 g/mol. The Morgan fingerprint density at radius 1 is 0.904 bits per heavy atom. The van der Waals surface area contributed by atoms with E-state index in [1.807, 2.05) is 18.2 Å². The van der Waals surface area contributed by atoms with Gasteiger partial charge in [-0.3, -0.25) is 14.4 Å². The molecule has 3 aliphatic carbocycles. The van der Waals surface area contributed by atoms with E-state index < -0.39 is 88.1 Å². The zero-order valence-electron chi connectivity index (χ0n) is 30.0. The molecule has 12 nitrogen and oxygen atoms in total. The lowest BCUT2D eigenvalue weighted by Crippen LogP contribution is -2.82. The minimum atomic E-state index is -2.21. The highest BCUT2D eigenvalue weighted by atomic mass is 16.6. The fraction of sp³-hybridized carbons (Fsp3) is 0.475. The molecule has 1 aliphatic heterocycles. The average Bonchev–Trinajstić information content (AvgIpc) is 3.09. The smallest absolute Gasteiger partial charge is 0.338 e. The number of carbonyl (C=O) groups excluding carboxylic acids is 5. The Kier molecular flexibility index (Phi) is 9.56. The zero-order chi connectivity index (χ0) is 37.8. The van der Waals surface area contributed by atoms with Gasteiger partial charge in [0.25, 0.3) is 0 Å². The highest BCUT2D eigenvalue weighted by Crippen LogP contribution is 2.64. The monoisotopic (exact) mass is 716 g/mol. The number of ether oxygens (including phenoxy) is 5. The van der Waals surface area contributed by atoms with Gasteiger partial charge in [0, 0.05) is 38.2 Å². The quantitative estimate of drug-likeness (QED) is 0.184. The highest BCUT2D eigenvalue weighted by molar-refractivity contribution is 5.95. The molecule has 3 fully saturated rings. The normalized spacial score (nSPS) is 34.8. The van der Waals surface area contributed by atoms with Crippen LogP contribution in [0.1, 0.15) is 70.3 Å². The second-order valence-corrected chi connectivity index (χ2v) is 14.9. The largest absolute Gasteiger partial charge is 0.455 e. The molecule has 52 heavy (non-hydrogen) atoms. The minimum Gasteiger partial charge on any atom is -0.455 e. The van der Waals surface area contributed by atoms with Gasteiger partial charge in [0.05, 0.1) is 29.6 Å². The average molecular weight is 717 g/mol. The van der Waals surface area contributed by atoms with Crippen LogP contribution in [-0.2, 0) is 42.9 Å². The van der Waals surface area contributed by atoms with Crippen molar-refractivity contribution >= 4 is 35.7 Å². The van der Waals surface area contributed by atoms with E-state index in [0.717, 1.165) is 12.5 Å². The molecule has 2 saturated carbocycles. The van der Waals surface area contributed by atoms with Crippen LogP contribution in [0.15, 0.2) is 77.9 Å². The lowest BCUT2D eigenvalue weighted by atomic mass is 9.44. The molecule has 9 atom stereocenters. The van der Waals surface area contributed by atoms with E-state index in [4.69, 9.17) is 23.7 Å². The fourth-order valence-corrected chi connectivity index (χ4v) is 8.93. The Bertz CT molecular complexity index is 1830. The van der Waals surface area contributed by atoms with Gasteiger partial charge in [-0.1, -0.05) is 62.4 Å². The first-order chi connectivity index (χ1) is 24.5. The van der Waals surface area contributed by atoms with Gasteiger partial charge in [-0.15, -0.1) is 0 Å². The van der Waals surface area contributed by atoms with Crippen molar-refractivity contribution in [3.63, 3.8) is 0 Å². The van der Waals surface area contributed by atoms with E-state index in [0.29, 0.717) is 5.57 Å². The number of carbonyl (C=O) groups is 5. The van der Waals surface area contributed by atoms with E-state index in [1.54, 1.807) is 57.2 Å². The van der Waals surface area contributed by atoms with Gasteiger partial charge >= 0.3 is 23.9 Å². The summed E-state index contributed by atoms with van der Waals surface area (Å²) >= 11 is 0. The van der Waals surface area contributed by atoms with Crippen molar-refractivity contribution in [1.82, 2.24) is 0 Å². The zero-order valence-corrected chi connectivity index (χ0v) is 30.0. The van der Waals surface area contributed by atoms with Crippen LogP contribution in [0.4, 0.5) is 0 Å². The molecule has 4 aliphatic rings. The Hall–Kier alpha value is -4.65. The van der Waals surface area contributed by atoms with Crippen molar-refractivity contribution in [2.45, 2.75) is 96.1 Å². The Morgan fingerprint density at radius 2 is 1.54 bits per heavy atom. The number of aliphatic hydroxyl groups is 2. The van der Waals surface area contributed by atoms with Gasteiger partial charge in [0.2, 0.25) is 0 Å². The molecule has 0 unspecified atom stereocenters. The summed E-state index contributed by atoms with van der Waals surface area (Å²) in [6, 6.07) is 17.1. The number of fused-ring (bicyclic) bond motifs is 5. The van der Waals surface area contributed by atoms with Gasteiger partial charge in [-0.25, -0.2) is 9.59 Å². The van der Waals surface area contributed by atoms with Crippen molar-refractivity contribution in [3.8, 4) is 0 Å². The number of hydrogen-bond donors (Lipinski definition) is 2. The van der Waals surface area contributed by atoms with Crippen LogP contribution < -0.4 is 0 Å². The second-order valence-electron chi connectivity index (χ2n) is 14.9.